The van der Waals surface area contributed by atoms with E-state index in [0.717, 1.165) is 0 Å². The average Bonchev–Trinajstić information content (AvgIpc) is 2.71. The molecule has 0 aromatic heterocycles. The molecule has 28 heavy (non-hydrogen) atoms. The van der Waals surface area contributed by atoms with E-state index in [-0.39, 0.29) is 29.4 Å². The Morgan fingerprint density at radius 2 is 1.57 bits per heavy atom. The zero-order valence-electron chi connectivity index (χ0n) is 16.4. The monoisotopic (exact) mass is 425 g/mol. The molecule has 154 valence electrons. The van der Waals surface area contributed by atoms with E-state index in [9.17, 15) is 13.2 Å². The number of benzene rings is 2. The lowest BCUT2D eigenvalue weighted by molar-refractivity contribution is 0.0939. The Morgan fingerprint density at radius 1 is 1.04 bits per heavy atom. The summed E-state index contributed by atoms with van der Waals surface area (Å²) >= 11 is 0. The fraction of sp³-hybridized carbons (Fsp3) is 0.350. The van der Waals surface area contributed by atoms with E-state index < -0.39 is 21.5 Å². The smallest absolute Gasteiger partial charge is 0.264 e. The SMILES string of the molecule is CCC(N)(CC)CNC(=O)c1ccccc1S(=O)(=O)N(C)c1ccccc1.Cl. The highest BCUT2D eigenvalue weighted by atomic mass is 35.5. The summed E-state index contributed by atoms with van der Waals surface area (Å²) in [4.78, 5) is 12.7. The second kappa shape index (κ2) is 9.91. The molecular formula is C20H28ClN3O3S. The summed E-state index contributed by atoms with van der Waals surface area (Å²) in [5.41, 5.74) is 6.35. The third kappa shape index (κ3) is 5.25. The molecule has 0 bridgehead atoms. The molecule has 0 heterocycles. The number of carbonyl (C=O) groups excluding carboxylic acids is 1. The van der Waals surface area contributed by atoms with E-state index in [1.165, 1.54) is 23.5 Å². The van der Waals surface area contributed by atoms with Crippen molar-refractivity contribution in [3.63, 3.8) is 0 Å². The van der Waals surface area contributed by atoms with Gasteiger partial charge in [0.25, 0.3) is 15.9 Å². The lowest BCUT2D eigenvalue weighted by Gasteiger charge is -2.27. The molecule has 2 aromatic carbocycles. The number of para-hydroxylation sites is 1. The van der Waals surface area contributed by atoms with Crippen molar-refractivity contribution >= 4 is 34.0 Å². The van der Waals surface area contributed by atoms with Crippen molar-refractivity contribution in [2.24, 2.45) is 5.73 Å². The van der Waals surface area contributed by atoms with Crippen LogP contribution >= 0.6 is 12.4 Å². The zero-order chi connectivity index (χ0) is 20.1. The Kier molecular flexibility index (Phi) is 8.48. The molecule has 2 aromatic rings. The predicted octanol–water partition coefficient (Wildman–Crippen LogP) is 3.18. The molecule has 2 rings (SSSR count). The molecule has 0 aliphatic rings. The van der Waals surface area contributed by atoms with Crippen molar-refractivity contribution in [3.05, 3.63) is 60.2 Å². The molecule has 0 atom stereocenters. The van der Waals surface area contributed by atoms with Crippen LogP contribution in [0.3, 0.4) is 0 Å². The second-order valence-electron chi connectivity index (χ2n) is 6.56. The number of nitrogens with zero attached hydrogens (tertiary/aromatic N) is 1. The van der Waals surface area contributed by atoms with Gasteiger partial charge in [-0.2, -0.15) is 0 Å². The van der Waals surface area contributed by atoms with Gasteiger partial charge in [0.05, 0.1) is 11.3 Å². The van der Waals surface area contributed by atoms with Crippen LogP contribution in [0.25, 0.3) is 0 Å². The number of hydrogen-bond donors (Lipinski definition) is 2. The topological polar surface area (TPSA) is 92.5 Å². The molecule has 8 heteroatoms. The van der Waals surface area contributed by atoms with Gasteiger partial charge in [0.1, 0.15) is 4.90 Å². The number of hydrogen-bond acceptors (Lipinski definition) is 4. The van der Waals surface area contributed by atoms with E-state index in [1.54, 1.807) is 36.4 Å². The Hall–Kier alpha value is -2.09. The van der Waals surface area contributed by atoms with Gasteiger partial charge in [-0.3, -0.25) is 9.10 Å². The molecule has 0 aliphatic carbocycles. The van der Waals surface area contributed by atoms with Crippen LogP contribution in [-0.2, 0) is 10.0 Å². The third-order valence-corrected chi connectivity index (χ3v) is 6.74. The summed E-state index contributed by atoms with van der Waals surface area (Å²) in [6, 6.07) is 14.9. The van der Waals surface area contributed by atoms with Gasteiger partial charge < -0.3 is 11.1 Å². The highest BCUT2D eigenvalue weighted by molar-refractivity contribution is 7.92. The highest BCUT2D eigenvalue weighted by Crippen LogP contribution is 2.24. The maximum Gasteiger partial charge on any atom is 0.264 e. The van der Waals surface area contributed by atoms with Crippen molar-refractivity contribution in [1.82, 2.24) is 5.32 Å². The Morgan fingerprint density at radius 3 is 2.14 bits per heavy atom. The first kappa shape index (κ1) is 23.9. The van der Waals surface area contributed by atoms with Crippen LogP contribution in [0, 0.1) is 0 Å². The predicted molar refractivity (Wildman–Crippen MR) is 116 cm³/mol. The standard InChI is InChI=1S/C20H27N3O3S.ClH/c1-4-20(21,5-2)15-22-19(24)17-13-9-10-14-18(17)27(25,26)23(3)16-11-7-6-8-12-16;/h6-14H,4-5,15,21H2,1-3H3,(H,22,24);1H. The van der Waals surface area contributed by atoms with E-state index in [1.807, 2.05) is 19.9 Å². The van der Waals surface area contributed by atoms with Crippen LogP contribution in [0.15, 0.2) is 59.5 Å². The number of sulfonamides is 1. The molecule has 3 N–H and O–H groups in total. The van der Waals surface area contributed by atoms with Gasteiger partial charge in [-0.1, -0.05) is 44.2 Å². The normalized spacial score (nSPS) is 11.4. The summed E-state index contributed by atoms with van der Waals surface area (Å²) in [6.45, 7) is 4.20. The molecule has 0 aliphatic heterocycles. The van der Waals surface area contributed by atoms with Crippen LogP contribution in [0.5, 0.6) is 0 Å². The maximum atomic E-state index is 13.1. The number of nitrogens with one attached hydrogen (secondary N) is 1. The first-order valence-corrected chi connectivity index (χ1v) is 10.4. The number of carbonyl (C=O) groups is 1. The number of amides is 1. The Labute approximate surface area is 173 Å². The van der Waals surface area contributed by atoms with Crippen LogP contribution in [0.1, 0.15) is 37.0 Å². The summed E-state index contributed by atoms with van der Waals surface area (Å²) in [7, 11) is -2.42. The number of nitrogens with two attached hydrogens (primary N) is 1. The molecule has 0 spiro atoms. The Bertz CT molecular complexity index is 885. The molecule has 0 unspecified atom stereocenters. The van der Waals surface area contributed by atoms with Gasteiger partial charge in [-0.15, -0.1) is 12.4 Å². The van der Waals surface area contributed by atoms with Gasteiger partial charge >= 0.3 is 0 Å². The van der Waals surface area contributed by atoms with E-state index in [4.69, 9.17) is 5.73 Å². The first-order chi connectivity index (χ1) is 12.7. The van der Waals surface area contributed by atoms with Gasteiger partial charge in [0.2, 0.25) is 0 Å². The van der Waals surface area contributed by atoms with Crippen molar-refractivity contribution in [1.29, 1.82) is 0 Å². The number of rotatable bonds is 8. The van der Waals surface area contributed by atoms with Gasteiger partial charge in [-0.05, 0) is 37.1 Å². The summed E-state index contributed by atoms with van der Waals surface area (Å²) in [5, 5.41) is 2.79. The minimum absolute atomic E-state index is 0. The van der Waals surface area contributed by atoms with Gasteiger partial charge in [0, 0.05) is 19.1 Å². The zero-order valence-corrected chi connectivity index (χ0v) is 18.0. The molecule has 6 nitrogen and oxygen atoms in total. The highest BCUT2D eigenvalue weighted by Gasteiger charge is 2.28. The Balaban J connectivity index is 0.00000392. The minimum Gasteiger partial charge on any atom is -0.350 e. The van der Waals surface area contributed by atoms with Crippen LogP contribution in [0.4, 0.5) is 5.69 Å². The van der Waals surface area contributed by atoms with Crippen molar-refractivity contribution in [2.45, 2.75) is 37.1 Å². The lowest BCUT2D eigenvalue weighted by atomic mass is 9.94. The molecule has 1 amide bonds. The second-order valence-corrected chi connectivity index (χ2v) is 8.49. The van der Waals surface area contributed by atoms with Gasteiger partial charge in [0.15, 0.2) is 0 Å². The van der Waals surface area contributed by atoms with E-state index in [2.05, 4.69) is 5.32 Å². The van der Waals surface area contributed by atoms with E-state index in [0.29, 0.717) is 18.5 Å². The fourth-order valence-corrected chi connectivity index (χ4v) is 4.04. The molecule has 0 radical (unpaired) electrons. The number of halogens is 1. The molecule has 0 saturated heterocycles. The molecular weight excluding hydrogens is 398 g/mol. The van der Waals surface area contributed by atoms with Crippen LogP contribution in [0.2, 0.25) is 0 Å². The first-order valence-electron chi connectivity index (χ1n) is 8.95. The lowest BCUT2D eigenvalue weighted by Crippen LogP contribution is -2.49. The van der Waals surface area contributed by atoms with Crippen molar-refractivity contribution < 1.29 is 13.2 Å². The summed E-state index contributed by atoms with van der Waals surface area (Å²) in [6.07, 6.45) is 1.42. The van der Waals surface area contributed by atoms with E-state index >= 15 is 0 Å². The maximum absolute atomic E-state index is 13.1. The fourth-order valence-electron chi connectivity index (χ4n) is 2.65. The van der Waals surface area contributed by atoms with Gasteiger partial charge in [-0.25, -0.2) is 8.42 Å². The van der Waals surface area contributed by atoms with Crippen molar-refractivity contribution in [3.8, 4) is 0 Å². The average molecular weight is 426 g/mol. The molecule has 0 fully saturated rings. The van der Waals surface area contributed by atoms with Crippen LogP contribution in [-0.4, -0.2) is 33.5 Å². The summed E-state index contributed by atoms with van der Waals surface area (Å²) in [5.74, 6) is -0.452. The minimum atomic E-state index is -3.89. The quantitative estimate of drug-likeness (QED) is 0.679. The third-order valence-electron chi connectivity index (χ3n) is 4.90. The molecule has 0 saturated carbocycles. The van der Waals surface area contributed by atoms with Crippen LogP contribution < -0.4 is 15.4 Å². The largest absolute Gasteiger partial charge is 0.350 e. The number of anilines is 1. The van der Waals surface area contributed by atoms with Crippen molar-refractivity contribution in [2.75, 3.05) is 17.9 Å². The summed E-state index contributed by atoms with van der Waals surface area (Å²) < 4.78 is 27.4.